The minimum atomic E-state index is -1.32. The van der Waals surface area contributed by atoms with Gasteiger partial charge < -0.3 is 10.1 Å². The molecule has 0 aliphatic carbocycles. The van der Waals surface area contributed by atoms with Gasteiger partial charge in [-0.3, -0.25) is 9.69 Å². The van der Waals surface area contributed by atoms with Crippen LogP contribution in [0.2, 0.25) is 5.15 Å². The Morgan fingerprint density at radius 3 is 2.18 bits per heavy atom. The molecule has 3 amide bonds. The number of hydrogen-bond acceptors (Lipinski definition) is 4. The average molecular weight is 458 g/mol. The summed E-state index contributed by atoms with van der Waals surface area (Å²) < 4.78 is 5.25. The lowest BCUT2D eigenvalue weighted by molar-refractivity contribution is -0.130. The molecule has 0 unspecified atom stereocenters. The van der Waals surface area contributed by atoms with Gasteiger partial charge in [-0.15, -0.1) is 0 Å². The summed E-state index contributed by atoms with van der Waals surface area (Å²) >= 11 is 6.46. The van der Waals surface area contributed by atoms with Crippen molar-refractivity contribution in [1.29, 1.82) is 0 Å². The number of urea groups is 1. The molecule has 1 aromatic heterocycles. The summed E-state index contributed by atoms with van der Waals surface area (Å²) in [6.45, 7) is -0.000113. The number of rotatable bonds is 5. The lowest BCUT2D eigenvalue weighted by Gasteiger charge is -2.28. The van der Waals surface area contributed by atoms with Crippen molar-refractivity contribution in [3.8, 4) is 5.75 Å². The van der Waals surface area contributed by atoms with Crippen LogP contribution in [0, 0.1) is 0 Å². The van der Waals surface area contributed by atoms with Crippen LogP contribution in [0.4, 0.5) is 4.79 Å². The molecule has 7 heteroatoms. The van der Waals surface area contributed by atoms with Crippen molar-refractivity contribution in [3.05, 3.63) is 107 Å². The van der Waals surface area contributed by atoms with Crippen molar-refractivity contribution in [2.45, 2.75) is 12.1 Å². The van der Waals surface area contributed by atoms with Crippen LogP contribution in [0.5, 0.6) is 5.75 Å². The highest BCUT2D eigenvalue weighted by Gasteiger charge is 2.53. The van der Waals surface area contributed by atoms with Crippen LogP contribution in [0.15, 0.2) is 84.9 Å². The fourth-order valence-corrected chi connectivity index (χ4v) is 4.43. The van der Waals surface area contributed by atoms with Gasteiger partial charge in [0.05, 0.1) is 19.2 Å². The smallest absolute Gasteiger partial charge is 0.325 e. The van der Waals surface area contributed by atoms with E-state index in [4.69, 9.17) is 16.3 Å². The van der Waals surface area contributed by atoms with Crippen LogP contribution in [0.1, 0.15) is 16.7 Å². The van der Waals surface area contributed by atoms with E-state index >= 15 is 0 Å². The number of carbonyl (C=O) groups excluding carboxylic acids is 2. The molecule has 1 aliphatic heterocycles. The largest absolute Gasteiger partial charge is 0.497 e. The Balaban J connectivity index is 1.56. The third-order valence-corrected chi connectivity index (χ3v) is 6.23. The third-order valence-electron chi connectivity index (χ3n) is 5.90. The molecular formula is C26H20ClN3O3. The van der Waals surface area contributed by atoms with Gasteiger partial charge in [-0.05, 0) is 29.3 Å². The highest BCUT2D eigenvalue weighted by Crippen LogP contribution is 2.37. The number of carbonyl (C=O) groups is 2. The first-order valence-electron chi connectivity index (χ1n) is 10.4. The van der Waals surface area contributed by atoms with E-state index in [2.05, 4.69) is 10.3 Å². The molecule has 1 fully saturated rings. The number of amides is 3. The van der Waals surface area contributed by atoms with Crippen molar-refractivity contribution >= 4 is 34.4 Å². The lowest BCUT2D eigenvalue weighted by Crippen LogP contribution is -2.45. The van der Waals surface area contributed by atoms with Gasteiger partial charge in [0.1, 0.15) is 10.9 Å². The van der Waals surface area contributed by atoms with Gasteiger partial charge in [0.15, 0.2) is 5.54 Å². The van der Waals surface area contributed by atoms with Gasteiger partial charge in [-0.25, -0.2) is 9.78 Å². The SMILES string of the molecule is COc1ccc2cc(CN3C(=O)NC(c4ccccc4)(c4ccccc4)C3=O)c(Cl)nc2c1. The number of hydrogen-bond donors (Lipinski definition) is 1. The Labute approximate surface area is 195 Å². The highest BCUT2D eigenvalue weighted by atomic mass is 35.5. The van der Waals surface area contributed by atoms with Crippen molar-refractivity contribution in [2.24, 2.45) is 0 Å². The third kappa shape index (κ3) is 3.49. The molecule has 0 bridgehead atoms. The summed E-state index contributed by atoms with van der Waals surface area (Å²) in [7, 11) is 1.58. The van der Waals surface area contributed by atoms with E-state index in [0.717, 1.165) is 5.39 Å². The minimum Gasteiger partial charge on any atom is -0.497 e. The maximum absolute atomic E-state index is 13.9. The first-order valence-corrected chi connectivity index (χ1v) is 10.8. The summed E-state index contributed by atoms with van der Waals surface area (Å²) in [6.07, 6.45) is 0. The molecule has 4 aromatic rings. The summed E-state index contributed by atoms with van der Waals surface area (Å²) in [5.74, 6) is 0.305. The topological polar surface area (TPSA) is 71.5 Å². The van der Waals surface area contributed by atoms with Crippen LogP contribution < -0.4 is 10.1 Å². The number of imide groups is 1. The fourth-order valence-electron chi connectivity index (χ4n) is 4.23. The maximum Gasteiger partial charge on any atom is 0.325 e. The van der Waals surface area contributed by atoms with Crippen LogP contribution in [-0.4, -0.2) is 28.9 Å². The molecule has 6 nitrogen and oxygen atoms in total. The van der Waals surface area contributed by atoms with Crippen molar-refractivity contribution < 1.29 is 14.3 Å². The quantitative estimate of drug-likeness (QED) is 0.342. The molecule has 33 heavy (non-hydrogen) atoms. The number of pyridine rings is 1. The maximum atomic E-state index is 13.9. The molecule has 3 aromatic carbocycles. The van der Waals surface area contributed by atoms with E-state index in [1.807, 2.05) is 78.9 Å². The number of benzene rings is 3. The first-order chi connectivity index (χ1) is 16.0. The molecule has 164 valence electrons. The number of fused-ring (bicyclic) bond motifs is 1. The Bertz CT molecular complexity index is 1320. The Morgan fingerprint density at radius 2 is 1.58 bits per heavy atom. The number of nitrogens with zero attached hydrogens (tertiary/aromatic N) is 2. The molecule has 1 aliphatic rings. The first kappa shape index (κ1) is 21.0. The number of ether oxygens (including phenoxy) is 1. The zero-order chi connectivity index (χ0) is 23.0. The van der Waals surface area contributed by atoms with E-state index in [9.17, 15) is 9.59 Å². The van der Waals surface area contributed by atoms with Crippen LogP contribution in [0.25, 0.3) is 10.9 Å². The summed E-state index contributed by atoms with van der Waals surface area (Å²) in [6, 6.07) is 25.3. The lowest BCUT2D eigenvalue weighted by atomic mass is 9.82. The van der Waals surface area contributed by atoms with Crippen LogP contribution in [0.3, 0.4) is 0 Å². The number of aromatic nitrogens is 1. The average Bonchev–Trinajstić information content (AvgIpc) is 3.11. The molecule has 0 saturated carbocycles. The zero-order valence-corrected chi connectivity index (χ0v) is 18.5. The molecule has 1 N–H and O–H groups in total. The van der Waals surface area contributed by atoms with Gasteiger partial charge in [0, 0.05) is 17.0 Å². The van der Waals surface area contributed by atoms with Gasteiger partial charge in [0.25, 0.3) is 5.91 Å². The van der Waals surface area contributed by atoms with Gasteiger partial charge in [-0.1, -0.05) is 72.3 Å². The number of nitrogens with one attached hydrogen (secondary N) is 1. The highest BCUT2D eigenvalue weighted by molar-refractivity contribution is 6.30. The van der Waals surface area contributed by atoms with E-state index in [-0.39, 0.29) is 17.6 Å². The predicted molar refractivity (Wildman–Crippen MR) is 126 cm³/mol. The summed E-state index contributed by atoms with van der Waals surface area (Å²) in [5, 5.41) is 4.01. The summed E-state index contributed by atoms with van der Waals surface area (Å²) in [5.41, 5.74) is 1.31. The Morgan fingerprint density at radius 1 is 0.939 bits per heavy atom. The van der Waals surface area contributed by atoms with E-state index < -0.39 is 11.6 Å². The van der Waals surface area contributed by atoms with Crippen molar-refractivity contribution in [3.63, 3.8) is 0 Å². The van der Waals surface area contributed by atoms with E-state index in [0.29, 0.717) is 28.0 Å². The van der Waals surface area contributed by atoms with Gasteiger partial charge in [0.2, 0.25) is 0 Å². The second kappa shape index (κ2) is 8.22. The van der Waals surface area contributed by atoms with Crippen molar-refractivity contribution in [2.75, 3.05) is 7.11 Å². The number of halogens is 1. The molecule has 5 rings (SSSR count). The zero-order valence-electron chi connectivity index (χ0n) is 17.8. The second-order valence-corrected chi connectivity index (χ2v) is 8.16. The number of methoxy groups -OCH3 is 1. The second-order valence-electron chi connectivity index (χ2n) is 7.80. The van der Waals surface area contributed by atoms with E-state index in [1.165, 1.54) is 4.90 Å². The van der Waals surface area contributed by atoms with Gasteiger partial charge >= 0.3 is 6.03 Å². The summed E-state index contributed by atoms with van der Waals surface area (Å²) in [4.78, 5) is 32.6. The van der Waals surface area contributed by atoms with E-state index in [1.54, 1.807) is 13.2 Å². The molecule has 0 atom stereocenters. The monoisotopic (exact) mass is 457 g/mol. The standard InChI is InChI=1S/C26H20ClN3O3/c1-33-21-13-12-17-14-18(23(27)28-22(17)15-21)16-30-24(31)26(29-25(30)32,19-8-4-2-5-9-19)20-10-6-3-7-11-20/h2-15H,16H2,1H3,(H,29,32). The molecule has 0 spiro atoms. The Kier molecular flexibility index (Phi) is 5.23. The fraction of sp³-hybridized carbons (Fsp3) is 0.115. The van der Waals surface area contributed by atoms with Gasteiger partial charge in [-0.2, -0.15) is 0 Å². The molecule has 0 radical (unpaired) electrons. The molecule has 2 heterocycles. The normalized spacial score (nSPS) is 15.0. The molecular weight excluding hydrogens is 438 g/mol. The minimum absolute atomic E-state index is 0.000113. The van der Waals surface area contributed by atoms with Crippen LogP contribution in [-0.2, 0) is 16.9 Å². The van der Waals surface area contributed by atoms with Crippen LogP contribution >= 0.6 is 11.6 Å². The Hall–Kier alpha value is -3.90. The molecule has 1 saturated heterocycles. The predicted octanol–water partition coefficient (Wildman–Crippen LogP) is 4.89. The van der Waals surface area contributed by atoms with Crippen molar-refractivity contribution in [1.82, 2.24) is 15.2 Å².